The lowest BCUT2D eigenvalue weighted by Crippen LogP contribution is -2.17. The molecule has 0 aromatic carbocycles. The Morgan fingerprint density at radius 3 is 3.00 bits per heavy atom. The fourth-order valence-corrected chi connectivity index (χ4v) is 2.60. The molecule has 1 aliphatic heterocycles. The van der Waals surface area contributed by atoms with Crippen molar-refractivity contribution in [2.45, 2.75) is 39.3 Å². The number of nitrogens with zero attached hydrogens (tertiary/aromatic N) is 3. The molecule has 1 aromatic heterocycles. The summed E-state index contributed by atoms with van der Waals surface area (Å²) in [7, 11) is 0. The molecule has 2 rings (SSSR count). The van der Waals surface area contributed by atoms with E-state index < -0.39 is 0 Å². The van der Waals surface area contributed by atoms with Crippen molar-refractivity contribution in [1.82, 2.24) is 9.78 Å². The molecular formula is C11H18N4S. The van der Waals surface area contributed by atoms with Crippen LogP contribution in [0.1, 0.15) is 33.2 Å². The van der Waals surface area contributed by atoms with E-state index in [9.17, 15) is 0 Å². The minimum Gasteiger partial charge on any atom is -0.332 e. The molecule has 0 bridgehead atoms. The van der Waals surface area contributed by atoms with Crippen LogP contribution in [0.15, 0.2) is 17.4 Å². The molecule has 1 atom stereocenters. The van der Waals surface area contributed by atoms with E-state index in [0.717, 1.165) is 16.6 Å². The molecule has 0 fully saturated rings. The van der Waals surface area contributed by atoms with Gasteiger partial charge < -0.3 is 5.32 Å². The fraction of sp³-hybridized carbons (Fsp3) is 0.636. The number of aromatic nitrogens is 2. The molecule has 0 saturated carbocycles. The molecule has 1 unspecified atom stereocenters. The summed E-state index contributed by atoms with van der Waals surface area (Å²) in [6.45, 7) is 6.39. The van der Waals surface area contributed by atoms with Crippen molar-refractivity contribution in [2.24, 2.45) is 4.99 Å². The van der Waals surface area contributed by atoms with E-state index in [1.54, 1.807) is 11.8 Å². The third-order valence-electron chi connectivity index (χ3n) is 2.49. The zero-order chi connectivity index (χ0) is 11.5. The summed E-state index contributed by atoms with van der Waals surface area (Å²) in [5.74, 6) is 1.14. The highest BCUT2D eigenvalue weighted by Gasteiger charge is 2.12. The standard InChI is InChI=1S/C11H18N4S/c1-8(2)15-7-10(6-12-15)14-11-13-9(3)4-5-16-11/h6-9H,4-5H2,1-3H3,(H,13,14). The van der Waals surface area contributed by atoms with Crippen molar-refractivity contribution in [2.75, 3.05) is 11.1 Å². The Bertz CT molecular complexity index is 383. The Kier molecular flexibility index (Phi) is 3.53. The van der Waals surface area contributed by atoms with Crippen molar-refractivity contribution in [1.29, 1.82) is 0 Å². The van der Waals surface area contributed by atoms with Crippen molar-refractivity contribution < 1.29 is 0 Å². The number of anilines is 1. The summed E-state index contributed by atoms with van der Waals surface area (Å²) in [6, 6.07) is 0.833. The maximum atomic E-state index is 4.56. The maximum Gasteiger partial charge on any atom is 0.161 e. The van der Waals surface area contributed by atoms with Crippen LogP contribution in [0.4, 0.5) is 5.69 Å². The molecular weight excluding hydrogens is 220 g/mol. The quantitative estimate of drug-likeness (QED) is 0.861. The third-order valence-corrected chi connectivity index (χ3v) is 3.41. The predicted octanol–water partition coefficient (Wildman–Crippen LogP) is 2.76. The van der Waals surface area contributed by atoms with Gasteiger partial charge in [-0.25, -0.2) is 0 Å². The van der Waals surface area contributed by atoms with Gasteiger partial charge in [0, 0.05) is 18.0 Å². The van der Waals surface area contributed by atoms with Crippen LogP contribution in [0.2, 0.25) is 0 Å². The zero-order valence-electron chi connectivity index (χ0n) is 9.97. The first kappa shape index (κ1) is 11.5. The van der Waals surface area contributed by atoms with Gasteiger partial charge in [-0.1, -0.05) is 11.8 Å². The first-order valence-electron chi connectivity index (χ1n) is 5.67. The first-order valence-corrected chi connectivity index (χ1v) is 6.65. The van der Waals surface area contributed by atoms with Crippen molar-refractivity contribution in [3.05, 3.63) is 12.4 Å². The predicted molar refractivity (Wildman–Crippen MR) is 70.2 cm³/mol. The summed E-state index contributed by atoms with van der Waals surface area (Å²) in [5, 5.41) is 8.62. The lowest BCUT2D eigenvalue weighted by Gasteiger charge is -2.16. The number of amidine groups is 1. The van der Waals surface area contributed by atoms with E-state index in [1.165, 1.54) is 6.42 Å². The first-order chi connectivity index (χ1) is 7.65. The van der Waals surface area contributed by atoms with Crippen LogP contribution in [-0.4, -0.2) is 26.7 Å². The number of hydrogen-bond donors (Lipinski definition) is 1. The fourth-order valence-electron chi connectivity index (χ4n) is 1.50. The third kappa shape index (κ3) is 2.78. The molecule has 5 heteroatoms. The molecule has 4 nitrogen and oxygen atoms in total. The zero-order valence-corrected chi connectivity index (χ0v) is 10.8. The number of thioether (sulfide) groups is 1. The van der Waals surface area contributed by atoms with Gasteiger partial charge >= 0.3 is 0 Å². The second kappa shape index (κ2) is 4.91. The van der Waals surface area contributed by atoms with Gasteiger partial charge in [0.1, 0.15) is 0 Å². The summed E-state index contributed by atoms with van der Waals surface area (Å²) in [4.78, 5) is 4.56. The van der Waals surface area contributed by atoms with Gasteiger partial charge in [-0.15, -0.1) is 0 Å². The van der Waals surface area contributed by atoms with E-state index in [-0.39, 0.29) is 0 Å². The number of nitrogens with one attached hydrogen (secondary N) is 1. The Hall–Kier alpha value is -0.970. The highest BCUT2D eigenvalue weighted by atomic mass is 32.2. The smallest absolute Gasteiger partial charge is 0.161 e. The average Bonchev–Trinajstić information content (AvgIpc) is 2.66. The van der Waals surface area contributed by atoms with E-state index in [4.69, 9.17) is 0 Å². The molecule has 88 valence electrons. The van der Waals surface area contributed by atoms with Gasteiger partial charge in [0.15, 0.2) is 5.17 Å². The summed E-state index contributed by atoms with van der Waals surface area (Å²) < 4.78 is 1.94. The van der Waals surface area contributed by atoms with Gasteiger partial charge in [0.05, 0.1) is 17.9 Å². The van der Waals surface area contributed by atoms with Crippen LogP contribution < -0.4 is 5.32 Å². The Balaban J connectivity index is 2.03. The van der Waals surface area contributed by atoms with Crippen LogP contribution in [0.3, 0.4) is 0 Å². The van der Waals surface area contributed by atoms with Crippen LogP contribution in [0.5, 0.6) is 0 Å². The van der Waals surface area contributed by atoms with Gasteiger partial charge in [0.25, 0.3) is 0 Å². The summed E-state index contributed by atoms with van der Waals surface area (Å²) >= 11 is 1.78. The normalized spacial score (nSPS) is 21.0. The number of rotatable bonds is 2. The van der Waals surface area contributed by atoms with Crippen molar-refractivity contribution in [3.8, 4) is 0 Å². The van der Waals surface area contributed by atoms with E-state index in [2.05, 4.69) is 36.2 Å². The largest absolute Gasteiger partial charge is 0.332 e. The van der Waals surface area contributed by atoms with E-state index in [1.807, 2.05) is 17.1 Å². The second-order valence-electron chi connectivity index (χ2n) is 4.35. The minimum atomic E-state index is 0.399. The van der Waals surface area contributed by atoms with Gasteiger partial charge in [-0.3, -0.25) is 9.67 Å². The van der Waals surface area contributed by atoms with Crippen molar-refractivity contribution >= 4 is 22.6 Å². The van der Waals surface area contributed by atoms with Crippen LogP contribution in [0.25, 0.3) is 0 Å². The van der Waals surface area contributed by atoms with Gasteiger partial charge in [0.2, 0.25) is 0 Å². The molecule has 16 heavy (non-hydrogen) atoms. The lowest BCUT2D eigenvalue weighted by molar-refractivity contribution is 0.532. The Labute approximate surface area is 101 Å². The molecule has 0 amide bonds. The van der Waals surface area contributed by atoms with Crippen LogP contribution >= 0.6 is 11.8 Å². The van der Waals surface area contributed by atoms with Crippen molar-refractivity contribution in [3.63, 3.8) is 0 Å². The second-order valence-corrected chi connectivity index (χ2v) is 5.43. The minimum absolute atomic E-state index is 0.399. The van der Waals surface area contributed by atoms with Crippen LogP contribution in [0, 0.1) is 0 Å². The Morgan fingerprint density at radius 1 is 1.56 bits per heavy atom. The molecule has 0 saturated heterocycles. The lowest BCUT2D eigenvalue weighted by atomic mass is 10.3. The summed E-state index contributed by atoms with van der Waals surface area (Å²) in [6.07, 6.45) is 5.04. The van der Waals surface area contributed by atoms with E-state index in [0.29, 0.717) is 12.1 Å². The average molecular weight is 238 g/mol. The topological polar surface area (TPSA) is 42.2 Å². The van der Waals surface area contributed by atoms with Gasteiger partial charge in [-0.05, 0) is 27.2 Å². The molecule has 1 N–H and O–H groups in total. The molecule has 0 radical (unpaired) electrons. The highest BCUT2D eigenvalue weighted by molar-refractivity contribution is 8.14. The molecule has 1 aliphatic rings. The molecule has 0 aliphatic carbocycles. The molecule has 0 spiro atoms. The van der Waals surface area contributed by atoms with E-state index >= 15 is 0 Å². The SMILES string of the molecule is CC1CCSC(Nc2cnn(C(C)C)c2)=N1. The highest BCUT2D eigenvalue weighted by Crippen LogP contribution is 2.19. The molecule has 1 aromatic rings. The summed E-state index contributed by atoms with van der Waals surface area (Å²) in [5.41, 5.74) is 1.02. The van der Waals surface area contributed by atoms with Crippen LogP contribution in [-0.2, 0) is 0 Å². The Morgan fingerprint density at radius 2 is 2.38 bits per heavy atom. The maximum absolute atomic E-state index is 4.56. The monoisotopic (exact) mass is 238 g/mol. The van der Waals surface area contributed by atoms with Gasteiger partial charge in [-0.2, -0.15) is 5.10 Å². The molecule has 2 heterocycles. The number of hydrogen-bond acceptors (Lipinski definition) is 4. The number of aliphatic imine (C=N–C) groups is 1.